The van der Waals surface area contributed by atoms with Crippen LogP contribution < -0.4 is 4.90 Å². The van der Waals surface area contributed by atoms with E-state index in [0.717, 1.165) is 29.8 Å². The SMILES string of the molecule is COC(=O)C[C@H]1CCN(c2ccc(Cl)cc2)[C@@H](c2ccc(C(F)(F)F)cc2)C1. The van der Waals surface area contributed by atoms with Crippen LogP contribution in [0.25, 0.3) is 0 Å². The number of carbonyl (C=O) groups is 1. The molecule has 28 heavy (non-hydrogen) atoms. The number of hydrogen-bond acceptors (Lipinski definition) is 3. The lowest BCUT2D eigenvalue weighted by Crippen LogP contribution is -2.37. The Labute approximate surface area is 167 Å². The minimum absolute atomic E-state index is 0.114. The molecule has 0 amide bonds. The molecular weight excluding hydrogens is 391 g/mol. The van der Waals surface area contributed by atoms with Crippen molar-refractivity contribution in [2.75, 3.05) is 18.6 Å². The summed E-state index contributed by atoms with van der Waals surface area (Å²) < 4.78 is 43.5. The van der Waals surface area contributed by atoms with Gasteiger partial charge in [0, 0.05) is 23.7 Å². The third kappa shape index (κ3) is 4.79. The van der Waals surface area contributed by atoms with Crippen molar-refractivity contribution in [3.8, 4) is 0 Å². The Hall–Kier alpha value is -2.21. The lowest BCUT2D eigenvalue weighted by Gasteiger charge is -2.41. The van der Waals surface area contributed by atoms with Crippen LogP contribution in [0.15, 0.2) is 48.5 Å². The first-order valence-corrected chi connectivity index (χ1v) is 9.42. The lowest BCUT2D eigenvalue weighted by atomic mass is 9.84. The summed E-state index contributed by atoms with van der Waals surface area (Å²) in [5.41, 5.74) is 1.07. The van der Waals surface area contributed by atoms with E-state index in [2.05, 4.69) is 4.90 Å². The molecule has 3 nitrogen and oxygen atoms in total. The van der Waals surface area contributed by atoms with E-state index in [1.54, 1.807) is 12.1 Å². The smallest absolute Gasteiger partial charge is 0.416 e. The molecule has 7 heteroatoms. The average Bonchev–Trinajstić information content (AvgIpc) is 2.68. The maximum Gasteiger partial charge on any atom is 0.416 e. The van der Waals surface area contributed by atoms with Gasteiger partial charge in [-0.2, -0.15) is 13.2 Å². The minimum atomic E-state index is -4.37. The summed E-state index contributed by atoms with van der Waals surface area (Å²) in [6, 6.07) is 12.5. The Morgan fingerprint density at radius 3 is 2.36 bits per heavy atom. The minimum Gasteiger partial charge on any atom is -0.469 e. The molecule has 150 valence electrons. The monoisotopic (exact) mass is 411 g/mol. The Morgan fingerprint density at radius 1 is 1.14 bits per heavy atom. The Bertz CT molecular complexity index is 806. The standard InChI is InChI=1S/C21H21ClF3NO2/c1-28-20(27)13-14-10-11-26(18-8-6-17(22)7-9-18)19(12-14)15-2-4-16(5-3-15)21(23,24)25/h2-9,14,19H,10-13H2,1H3/t14-,19+/m0/s1. The maximum absolute atomic E-state index is 12.9. The van der Waals surface area contributed by atoms with E-state index in [-0.39, 0.29) is 17.9 Å². The van der Waals surface area contributed by atoms with Crippen molar-refractivity contribution in [3.05, 3.63) is 64.7 Å². The Morgan fingerprint density at radius 2 is 1.79 bits per heavy atom. The summed E-state index contributed by atoms with van der Waals surface area (Å²) >= 11 is 5.98. The van der Waals surface area contributed by atoms with Gasteiger partial charge in [-0.05, 0) is 60.7 Å². The van der Waals surface area contributed by atoms with Crippen molar-refractivity contribution in [1.29, 1.82) is 0 Å². The fourth-order valence-corrected chi connectivity index (χ4v) is 3.82. The average molecular weight is 412 g/mol. The van der Waals surface area contributed by atoms with Crippen molar-refractivity contribution in [2.24, 2.45) is 5.92 Å². The van der Waals surface area contributed by atoms with E-state index in [4.69, 9.17) is 16.3 Å². The highest BCUT2D eigenvalue weighted by Gasteiger charge is 2.33. The van der Waals surface area contributed by atoms with Gasteiger partial charge in [0.1, 0.15) is 0 Å². The summed E-state index contributed by atoms with van der Waals surface area (Å²) in [4.78, 5) is 13.9. The molecule has 0 radical (unpaired) electrons. The molecular formula is C21H21ClF3NO2. The van der Waals surface area contributed by atoms with Crippen LogP contribution in [0.4, 0.5) is 18.9 Å². The molecule has 0 aromatic heterocycles. The van der Waals surface area contributed by atoms with Crippen LogP contribution in [0.5, 0.6) is 0 Å². The van der Waals surface area contributed by atoms with E-state index in [1.807, 2.05) is 12.1 Å². The zero-order valence-corrected chi connectivity index (χ0v) is 16.1. The van der Waals surface area contributed by atoms with Gasteiger partial charge >= 0.3 is 12.1 Å². The van der Waals surface area contributed by atoms with Crippen molar-refractivity contribution in [3.63, 3.8) is 0 Å². The second-order valence-corrected chi connectivity index (χ2v) is 7.41. The molecule has 1 aliphatic heterocycles. The molecule has 0 N–H and O–H groups in total. The van der Waals surface area contributed by atoms with Crippen LogP contribution in [-0.2, 0) is 15.7 Å². The number of piperidine rings is 1. The van der Waals surface area contributed by atoms with Gasteiger partial charge in [-0.1, -0.05) is 23.7 Å². The third-order valence-corrected chi connectivity index (χ3v) is 5.43. The topological polar surface area (TPSA) is 29.5 Å². The Kier molecular flexibility index (Phi) is 6.18. The molecule has 1 saturated heterocycles. The van der Waals surface area contributed by atoms with Crippen molar-refractivity contribution in [2.45, 2.75) is 31.5 Å². The van der Waals surface area contributed by atoms with Gasteiger partial charge in [-0.25, -0.2) is 0 Å². The number of esters is 1. The Balaban J connectivity index is 1.89. The number of carbonyl (C=O) groups excluding carboxylic acids is 1. The number of halogens is 4. The molecule has 0 aliphatic carbocycles. The van der Waals surface area contributed by atoms with E-state index in [0.29, 0.717) is 24.4 Å². The molecule has 1 heterocycles. The van der Waals surface area contributed by atoms with Crippen LogP contribution in [0.1, 0.15) is 36.4 Å². The summed E-state index contributed by atoms with van der Waals surface area (Å²) in [6.07, 6.45) is -2.60. The number of alkyl halides is 3. The molecule has 2 aromatic rings. The second-order valence-electron chi connectivity index (χ2n) is 6.98. The van der Waals surface area contributed by atoms with Crippen molar-refractivity contribution < 1.29 is 22.7 Å². The van der Waals surface area contributed by atoms with Gasteiger partial charge in [0.15, 0.2) is 0 Å². The summed E-state index contributed by atoms with van der Waals surface area (Å²) in [6.45, 7) is 0.689. The molecule has 2 aromatic carbocycles. The zero-order chi connectivity index (χ0) is 20.3. The first-order valence-electron chi connectivity index (χ1n) is 9.04. The lowest BCUT2D eigenvalue weighted by molar-refractivity contribution is -0.142. The molecule has 3 rings (SSSR count). The van der Waals surface area contributed by atoms with Crippen molar-refractivity contribution in [1.82, 2.24) is 0 Å². The fraction of sp³-hybridized carbons (Fsp3) is 0.381. The number of ether oxygens (including phenoxy) is 1. The van der Waals surface area contributed by atoms with Crippen LogP contribution in [-0.4, -0.2) is 19.6 Å². The van der Waals surface area contributed by atoms with Gasteiger partial charge < -0.3 is 9.64 Å². The molecule has 0 bridgehead atoms. The molecule has 0 spiro atoms. The zero-order valence-electron chi connectivity index (χ0n) is 15.4. The number of benzene rings is 2. The molecule has 0 saturated carbocycles. The van der Waals surface area contributed by atoms with Crippen LogP contribution in [0.3, 0.4) is 0 Å². The molecule has 1 fully saturated rings. The highest BCUT2D eigenvalue weighted by molar-refractivity contribution is 6.30. The van der Waals surface area contributed by atoms with Gasteiger partial charge in [0.05, 0.1) is 18.7 Å². The van der Waals surface area contributed by atoms with E-state index in [9.17, 15) is 18.0 Å². The predicted octanol–water partition coefficient (Wildman–Crippen LogP) is 5.88. The summed E-state index contributed by atoms with van der Waals surface area (Å²) in [5, 5.41) is 0.621. The number of anilines is 1. The second kappa shape index (κ2) is 8.43. The largest absolute Gasteiger partial charge is 0.469 e. The van der Waals surface area contributed by atoms with Gasteiger partial charge in [0.2, 0.25) is 0 Å². The number of methoxy groups -OCH3 is 1. The van der Waals surface area contributed by atoms with Gasteiger partial charge in [0.25, 0.3) is 0 Å². The predicted molar refractivity (Wildman–Crippen MR) is 102 cm³/mol. The number of rotatable bonds is 4. The molecule has 1 aliphatic rings. The normalized spacial score (nSPS) is 20.1. The third-order valence-electron chi connectivity index (χ3n) is 5.18. The summed E-state index contributed by atoms with van der Waals surface area (Å²) in [7, 11) is 1.36. The first-order chi connectivity index (χ1) is 13.3. The van der Waals surface area contributed by atoms with E-state index >= 15 is 0 Å². The van der Waals surface area contributed by atoms with Crippen LogP contribution in [0.2, 0.25) is 5.02 Å². The maximum atomic E-state index is 12.9. The molecule has 2 atom stereocenters. The number of hydrogen-bond donors (Lipinski definition) is 0. The molecule has 0 unspecified atom stereocenters. The summed E-state index contributed by atoms with van der Waals surface area (Å²) in [5.74, 6) is -0.153. The van der Waals surface area contributed by atoms with Crippen LogP contribution >= 0.6 is 11.6 Å². The highest BCUT2D eigenvalue weighted by Crippen LogP contribution is 2.40. The highest BCUT2D eigenvalue weighted by atomic mass is 35.5. The fourth-order valence-electron chi connectivity index (χ4n) is 3.69. The quantitative estimate of drug-likeness (QED) is 0.588. The van der Waals surface area contributed by atoms with E-state index < -0.39 is 11.7 Å². The van der Waals surface area contributed by atoms with Gasteiger partial charge in [-0.3, -0.25) is 4.79 Å². The first kappa shape index (κ1) is 20.5. The van der Waals surface area contributed by atoms with Crippen LogP contribution in [0, 0.1) is 5.92 Å². The van der Waals surface area contributed by atoms with Gasteiger partial charge in [-0.15, -0.1) is 0 Å². The van der Waals surface area contributed by atoms with E-state index in [1.165, 1.54) is 19.2 Å². The van der Waals surface area contributed by atoms with Crippen molar-refractivity contribution >= 4 is 23.3 Å². The number of nitrogens with zero attached hydrogens (tertiary/aromatic N) is 1.